The number of carboxylic acids is 1. The second-order valence-corrected chi connectivity index (χ2v) is 5.36. The lowest BCUT2D eigenvalue weighted by atomic mass is 9.87. The van der Waals surface area contributed by atoms with E-state index in [0.29, 0.717) is 6.42 Å². The van der Waals surface area contributed by atoms with E-state index in [1.54, 1.807) is 32.9 Å². The second-order valence-electron chi connectivity index (χ2n) is 5.36. The van der Waals surface area contributed by atoms with Gasteiger partial charge in [-0.05, 0) is 11.0 Å². The number of rotatable bonds is 4. The van der Waals surface area contributed by atoms with Gasteiger partial charge in [-0.3, -0.25) is 0 Å². The molecule has 0 aromatic rings. The smallest absolute Gasteiger partial charge is 0.408 e. The molecule has 2 atom stereocenters. The fraction of sp³-hybridized carbons (Fsp3) is 0.538. The van der Waals surface area contributed by atoms with Crippen molar-refractivity contribution in [2.75, 3.05) is 0 Å². The number of aliphatic carboxylic acids is 1. The van der Waals surface area contributed by atoms with Crippen molar-refractivity contribution in [3.8, 4) is 0 Å². The maximum Gasteiger partial charge on any atom is 0.408 e. The molecule has 1 rings (SSSR count). The molecule has 5 nitrogen and oxygen atoms in total. The number of carbonyl (C=O) groups excluding carboxylic acids is 1. The topological polar surface area (TPSA) is 75.6 Å². The third-order valence-corrected chi connectivity index (χ3v) is 2.63. The van der Waals surface area contributed by atoms with Crippen LogP contribution in [0.4, 0.5) is 4.79 Å². The van der Waals surface area contributed by atoms with Crippen LogP contribution in [0.3, 0.4) is 0 Å². The first kappa shape index (κ1) is 14.3. The predicted molar refractivity (Wildman–Crippen MR) is 67.2 cm³/mol. The lowest BCUT2D eigenvalue weighted by molar-refractivity contribution is -0.142. The summed E-state index contributed by atoms with van der Waals surface area (Å²) in [5.74, 6) is -1.07. The zero-order valence-corrected chi connectivity index (χ0v) is 10.9. The molecule has 0 aliphatic heterocycles. The summed E-state index contributed by atoms with van der Waals surface area (Å²) in [4.78, 5) is 22.6. The number of nitrogens with one attached hydrogen (secondary N) is 1. The third kappa shape index (κ3) is 3.91. The zero-order valence-electron chi connectivity index (χ0n) is 10.9. The predicted octanol–water partition coefficient (Wildman–Crippen LogP) is 2.10. The first-order valence-electron chi connectivity index (χ1n) is 5.77. The van der Waals surface area contributed by atoms with Gasteiger partial charge < -0.3 is 15.2 Å². The Morgan fingerprint density at radius 2 is 2.17 bits per heavy atom. The molecule has 1 saturated carbocycles. The van der Waals surface area contributed by atoms with Gasteiger partial charge in [0.1, 0.15) is 12.1 Å². The Kier molecular flexibility index (Phi) is 4.16. The van der Waals surface area contributed by atoms with Crippen molar-refractivity contribution in [2.24, 2.45) is 5.41 Å². The lowest BCUT2D eigenvalue weighted by Gasteiger charge is -2.27. The number of hydrogen-bond donors (Lipinski definition) is 2. The highest BCUT2D eigenvalue weighted by atomic mass is 16.6. The fourth-order valence-electron chi connectivity index (χ4n) is 1.53. The van der Waals surface area contributed by atoms with E-state index in [9.17, 15) is 9.59 Å². The summed E-state index contributed by atoms with van der Waals surface area (Å²) < 4.78 is 5.07. The van der Waals surface area contributed by atoms with Gasteiger partial charge in [-0.25, -0.2) is 9.59 Å². The van der Waals surface area contributed by atoms with E-state index in [-0.39, 0.29) is 6.10 Å². The van der Waals surface area contributed by atoms with Gasteiger partial charge in [0.15, 0.2) is 0 Å². The molecular formula is C13H19NO4. The van der Waals surface area contributed by atoms with Gasteiger partial charge in [0, 0.05) is 6.42 Å². The maximum atomic E-state index is 11.6. The molecule has 0 bridgehead atoms. The molecule has 0 heterocycles. The van der Waals surface area contributed by atoms with E-state index in [0.717, 1.165) is 5.57 Å². The third-order valence-electron chi connectivity index (χ3n) is 2.63. The summed E-state index contributed by atoms with van der Waals surface area (Å²) in [5.41, 5.74) is 0.413. The average molecular weight is 253 g/mol. The van der Waals surface area contributed by atoms with E-state index in [2.05, 4.69) is 11.9 Å². The van der Waals surface area contributed by atoms with Gasteiger partial charge in [-0.15, -0.1) is 0 Å². The van der Waals surface area contributed by atoms with Crippen LogP contribution < -0.4 is 5.32 Å². The SMILES string of the molecule is C=C/C=C1\C[C@H]1OC(=O)N[C@H](C(=O)O)C(C)(C)C. The highest BCUT2D eigenvalue weighted by molar-refractivity contribution is 5.81. The lowest BCUT2D eigenvalue weighted by Crippen LogP contribution is -2.49. The van der Waals surface area contributed by atoms with Crippen molar-refractivity contribution in [3.05, 3.63) is 24.3 Å². The maximum absolute atomic E-state index is 11.6. The number of ether oxygens (including phenoxy) is 1. The largest absolute Gasteiger partial charge is 0.480 e. The Morgan fingerprint density at radius 3 is 2.61 bits per heavy atom. The van der Waals surface area contributed by atoms with Crippen molar-refractivity contribution in [3.63, 3.8) is 0 Å². The van der Waals surface area contributed by atoms with Crippen molar-refractivity contribution < 1.29 is 19.4 Å². The number of hydrogen-bond acceptors (Lipinski definition) is 3. The van der Waals surface area contributed by atoms with Gasteiger partial charge in [0.05, 0.1) is 0 Å². The number of carboxylic acid groups (broad SMARTS) is 1. The molecule has 1 aliphatic rings. The van der Waals surface area contributed by atoms with Gasteiger partial charge >= 0.3 is 12.1 Å². The minimum atomic E-state index is -1.07. The monoisotopic (exact) mass is 253 g/mol. The van der Waals surface area contributed by atoms with Crippen LogP contribution in [0.2, 0.25) is 0 Å². The molecule has 5 heteroatoms. The van der Waals surface area contributed by atoms with Gasteiger partial charge in [0.25, 0.3) is 0 Å². The van der Waals surface area contributed by atoms with Crippen molar-refractivity contribution in [1.29, 1.82) is 0 Å². The minimum absolute atomic E-state index is 0.239. The quantitative estimate of drug-likeness (QED) is 0.804. The first-order chi connectivity index (χ1) is 8.25. The highest BCUT2D eigenvalue weighted by Gasteiger charge is 2.37. The van der Waals surface area contributed by atoms with Crippen LogP contribution in [-0.2, 0) is 9.53 Å². The van der Waals surface area contributed by atoms with Crippen molar-refractivity contribution in [1.82, 2.24) is 5.32 Å². The molecule has 0 aromatic carbocycles. The molecule has 100 valence electrons. The second kappa shape index (κ2) is 5.25. The molecule has 0 spiro atoms. The van der Waals surface area contributed by atoms with Crippen LogP contribution in [0.15, 0.2) is 24.3 Å². The Labute approximate surface area is 107 Å². The molecule has 0 unspecified atom stereocenters. The van der Waals surface area contributed by atoms with Gasteiger partial charge in [-0.1, -0.05) is 39.5 Å². The molecule has 0 saturated heterocycles. The summed E-state index contributed by atoms with van der Waals surface area (Å²) in [5, 5.41) is 11.4. The zero-order chi connectivity index (χ0) is 13.9. The Balaban J connectivity index is 2.51. The summed E-state index contributed by atoms with van der Waals surface area (Å²) in [7, 11) is 0. The van der Waals surface area contributed by atoms with E-state index in [1.165, 1.54) is 0 Å². The Morgan fingerprint density at radius 1 is 1.56 bits per heavy atom. The van der Waals surface area contributed by atoms with E-state index < -0.39 is 23.5 Å². The normalized spacial score (nSPS) is 22.2. The Bertz CT molecular complexity index is 392. The van der Waals surface area contributed by atoms with E-state index in [4.69, 9.17) is 9.84 Å². The first-order valence-corrected chi connectivity index (χ1v) is 5.77. The van der Waals surface area contributed by atoms with Crippen LogP contribution >= 0.6 is 0 Å². The van der Waals surface area contributed by atoms with Crippen LogP contribution in [0.25, 0.3) is 0 Å². The number of alkyl carbamates (subject to hydrolysis) is 1. The van der Waals surface area contributed by atoms with Crippen molar-refractivity contribution >= 4 is 12.1 Å². The summed E-state index contributed by atoms with van der Waals surface area (Å²) in [6, 6.07) is -0.976. The minimum Gasteiger partial charge on any atom is -0.480 e. The number of carbonyl (C=O) groups is 2. The van der Waals surface area contributed by atoms with Crippen LogP contribution in [0.5, 0.6) is 0 Å². The number of allylic oxidation sites excluding steroid dienone is 2. The molecule has 0 radical (unpaired) electrons. The summed E-state index contributed by atoms with van der Waals surface area (Å²) in [6.07, 6.45) is 3.17. The number of amides is 1. The fourth-order valence-corrected chi connectivity index (χ4v) is 1.53. The summed E-state index contributed by atoms with van der Waals surface area (Å²) in [6.45, 7) is 8.77. The van der Waals surface area contributed by atoms with Gasteiger partial charge in [-0.2, -0.15) is 0 Å². The molecule has 2 N–H and O–H groups in total. The standard InChI is InChI=1S/C13H19NO4/c1-5-6-8-7-9(8)18-12(17)14-10(11(15)16)13(2,3)4/h5-6,9-10H,1,7H2,2-4H3,(H,14,17)(H,15,16)/b8-6+/t9-,10-/m1/s1. The average Bonchev–Trinajstić information content (AvgIpc) is 2.91. The molecular weight excluding hydrogens is 234 g/mol. The molecule has 1 amide bonds. The Hall–Kier alpha value is -1.78. The molecule has 18 heavy (non-hydrogen) atoms. The highest BCUT2D eigenvalue weighted by Crippen LogP contribution is 2.32. The van der Waals surface area contributed by atoms with Crippen LogP contribution in [0.1, 0.15) is 27.2 Å². The molecule has 0 aromatic heterocycles. The van der Waals surface area contributed by atoms with Crippen LogP contribution in [0, 0.1) is 5.41 Å². The molecule has 1 aliphatic carbocycles. The van der Waals surface area contributed by atoms with E-state index >= 15 is 0 Å². The van der Waals surface area contributed by atoms with Crippen molar-refractivity contribution in [2.45, 2.75) is 39.3 Å². The van der Waals surface area contributed by atoms with Gasteiger partial charge in [0.2, 0.25) is 0 Å². The van der Waals surface area contributed by atoms with E-state index in [1.807, 2.05) is 0 Å². The molecule has 1 fully saturated rings. The van der Waals surface area contributed by atoms with Crippen LogP contribution in [-0.4, -0.2) is 29.3 Å². The summed E-state index contributed by atoms with van der Waals surface area (Å²) >= 11 is 0.